The lowest BCUT2D eigenvalue weighted by atomic mass is 9.91. The number of benzene rings is 1. The zero-order valence-corrected chi connectivity index (χ0v) is 20.4. The summed E-state index contributed by atoms with van der Waals surface area (Å²) in [7, 11) is 1.29. The third kappa shape index (κ3) is 4.93. The fourth-order valence-electron chi connectivity index (χ4n) is 3.73. The van der Waals surface area contributed by atoms with Gasteiger partial charge in [-0.05, 0) is 39.0 Å². The van der Waals surface area contributed by atoms with E-state index in [1.807, 2.05) is 20.8 Å². The first kappa shape index (κ1) is 24.8. The second-order valence-corrected chi connectivity index (χ2v) is 11.1. The lowest BCUT2D eigenvalue weighted by molar-refractivity contribution is 0.0794. The summed E-state index contributed by atoms with van der Waals surface area (Å²) in [4.78, 5) is 12.8. The van der Waals surface area contributed by atoms with Crippen molar-refractivity contribution in [1.82, 2.24) is 15.1 Å². The van der Waals surface area contributed by atoms with E-state index in [1.165, 1.54) is 18.5 Å². The highest BCUT2D eigenvalue weighted by Gasteiger charge is 2.42. The largest absolute Gasteiger partial charge is 0.470 e. The fraction of sp³-hybridized carbons (Fsp3) is 0.391. The predicted octanol–water partition coefficient (Wildman–Crippen LogP) is 4.38. The SMILES string of the molecule is CN=[S@@]1C[C@@](C)(c2cc(-c3cc(-c4cnc(OCC(F)F)cn4)no3)ccc2F)N=C(N)C1(C)C. The number of nitrogens with zero attached hydrogens (tertiary/aromatic N) is 5. The van der Waals surface area contributed by atoms with Crippen molar-refractivity contribution in [3.63, 3.8) is 0 Å². The van der Waals surface area contributed by atoms with Crippen molar-refractivity contribution in [1.29, 1.82) is 0 Å². The van der Waals surface area contributed by atoms with Crippen LogP contribution in [0.1, 0.15) is 26.3 Å². The van der Waals surface area contributed by atoms with Gasteiger partial charge in [0, 0.05) is 30.0 Å². The van der Waals surface area contributed by atoms with Gasteiger partial charge in [0.05, 0.1) is 22.7 Å². The monoisotopic (exact) mass is 506 g/mol. The van der Waals surface area contributed by atoms with Crippen LogP contribution in [-0.4, -0.2) is 51.5 Å². The van der Waals surface area contributed by atoms with Crippen molar-refractivity contribution in [2.75, 3.05) is 19.4 Å². The molecule has 0 spiro atoms. The molecule has 4 rings (SSSR count). The smallest absolute Gasteiger partial charge is 0.272 e. The average Bonchev–Trinajstić information content (AvgIpc) is 3.31. The average molecular weight is 507 g/mol. The van der Waals surface area contributed by atoms with E-state index in [0.29, 0.717) is 39.9 Å². The van der Waals surface area contributed by atoms with Gasteiger partial charge in [-0.3, -0.25) is 9.36 Å². The molecule has 0 saturated carbocycles. The number of amidine groups is 1. The standard InChI is InChI=1S/C23H25F3N6O2S/c1-22(2)21(27)31-23(3,12-35(22)28-4)14-7-13(5-6-15(14)24)18-8-16(32-34-18)17-9-30-20(10-29-17)33-11-19(25)26/h5-10,19H,11-12H2,1-4H3,(H2,27,31)/t23-,35+/m0/s1. The molecule has 0 fully saturated rings. The van der Waals surface area contributed by atoms with Gasteiger partial charge < -0.3 is 15.0 Å². The van der Waals surface area contributed by atoms with Crippen LogP contribution in [0.3, 0.4) is 0 Å². The molecule has 12 heteroatoms. The Hall–Kier alpha value is -3.28. The Kier molecular flexibility index (Phi) is 6.67. The molecule has 1 aromatic carbocycles. The van der Waals surface area contributed by atoms with Gasteiger partial charge in [0.15, 0.2) is 12.4 Å². The molecule has 0 saturated heterocycles. The van der Waals surface area contributed by atoms with Crippen LogP contribution in [0.15, 0.2) is 50.5 Å². The van der Waals surface area contributed by atoms with E-state index in [1.54, 1.807) is 25.2 Å². The molecule has 1 aliphatic rings. The van der Waals surface area contributed by atoms with Crippen LogP contribution in [0.5, 0.6) is 5.88 Å². The number of hydrogen-bond donors (Lipinski definition) is 1. The number of ether oxygens (including phenoxy) is 1. The molecule has 3 heterocycles. The second kappa shape index (κ2) is 9.40. The Morgan fingerprint density at radius 2 is 1.94 bits per heavy atom. The molecule has 0 amide bonds. The number of alkyl halides is 2. The van der Waals surface area contributed by atoms with E-state index in [0.717, 1.165) is 0 Å². The molecule has 0 bridgehead atoms. The minimum atomic E-state index is -2.61. The van der Waals surface area contributed by atoms with Crippen LogP contribution < -0.4 is 10.5 Å². The molecule has 0 aliphatic carbocycles. The van der Waals surface area contributed by atoms with Gasteiger partial charge in [-0.15, -0.1) is 0 Å². The van der Waals surface area contributed by atoms with E-state index in [9.17, 15) is 8.78 Å². The van der Waals surface area contributed by atoms with Gasteiger partial charge in [-0.1, -0.05) is 15.8 Å². The van der Waals surface area contributed by atoms with E-state index >= 15 is 4.39 Å². The van der Waals surface area contributed by atoms with Gasteiger partial charge >= 0.3 is 0 Å². The summed E-state index contributed by atoms with van der Waals surface area (Å²) >= 11 is 0. The number of aromatic nitrogens is 3. The maximum absolute atomic E-state index is 15.0. The molecule has 1 aliphatic heterocycles. The van der Waals surface area contributed by atoms with Gasteiger partial charge in [-0.2, -0.15) is 0 Å². The van der Waals surface area contributed by atoms with Crippen LogP contribution in [0, 0.1) is 5.82 Å². The van der Waals surface area contributed by atoms with Crippen molar-refractivity contribution in [2.24, 2.45) is 15.1 Å². The summed E-state index contributed by atoms with van der Waals surface area (Å²) in [5, 5.41) is 4.01. The Balaban J connectivity index is 1.64. The van der Waals surface area contributed by atoms with Gasteiger partial charge in [-0.25, -0.2) is 23.1 Å². The highest BCUT2D eigenvalue weighted by Crippen LogP contribution is 2.38. The minimum Gasteiger partial charge on any atom is -0.470 e. The Morgan fingerprint density at radius 1 is 1.17 bits per heavy atom. The van der Waals surface area contributed by atoms with E-state index in [2.05, 4.69) is 19.5 Å². The molecule has 2 N–H and O–H groups in total. The van der Waals surface area contributed by atoms with Crippen molar-refractivity contribution in [3.05, 3.63) is 48.0 Å². The van der Waals surface area contributed by atoms with Gasteiger partial charge in [0.25, 0.3) is 6.43 Å². The summed E-state index contributed by atoms with van der Waals surface area (Å²) in [6.45, 7) is 5.06. The van der Waals surface area contributed by atoms with Crippen molar-refractivity contribution < 1.29 is 22.4 Å². The maximum Gasteiger partial charge on any atom is 0.272 e. The van der Waals surface area contributed by atoms with Crippen molar-refractivity contribution >= 4 is 16.5 Å². The summed E-state index contributed by atoms with van der Waals surface area (Å²) in [6, 6.07) is 6.26. The Labute approximate surface area is 202 Å². The number of aliphatic imine (C=N–C) groups is 1. The van der Waals surface area contributed by atoms with Gasteiger partial charge in [0.2, 0.25) is 5.88 Å². The summed E-state index contributed by atoms with van der Waals surface area (Å²) in [6.07, 6.45) is -0.0375. The molecule has 8 nitrogen and oxygen atoms in total. The van der Waals surface area contributed by atoms with Crippen LogP contribution in [0.2, 0.25) is 0 Å². The molecular formula is C23H25F3N6O2S. The van der Waals surface area contributed by atoms with E-state index in [-0.39, 0.29) is 5.88 Å². The number of rotatable bonds is 6. The highest BCUT2D eigenvalue weighted by atomic mass is 32.2. The second-order valence-electron chi connectivity index (χ2n) is 8.69. The lowest BCUT2D eigenvalue weighted by Crippen LogP contribution is -2.51. The zero-order valence-electron chi connectivity index (χ0n) is 19.6. The number of nitrogens with two attached hydrogens (primary N) is 1. The molecule has 0 radical (unpaired) electrons. The third-order valence-electron chi connectivity index (χ3n) is 5.80. The molecule has 35 heavy (non-hydrogen) atoms. The lowest BCUT2D eigenvalue weighted by Gasteiger charge is -2.40. The Bertz CT molecular complexity index is 1290. The molecule has 3 aromatic rings. The summed E-state index contributed by atoms with van der Waals surface area (Å²) in [5.41, 5.74) is 7.10. The molecule has 186 valence electrons. The molecule has 2 atom stereocenters. The van der Waals surface area contributed by atoms with Crippen LogP contribution in [-0.2, 0) is 16.2 Å². The molecule has 0 unspecified atom stereocenters. The van der Waals surface area contributed by atoms with Crippen LogP contribution in [0.4, 0.5) is 13.2 Å². The molecular weight excluding hydrogens is 481 g/mol. The minimum absolute atomic E-state index is 0.0255. The maximum atomic E-state index is 15.0. The van der Waals surface area contributed by atoms with Crippen LogP contribution in [0.25, 0.3) is 22.7 Å². The predicted molar refractivity (Wildman–Crippen MR) is 128 cm³/mol. The summed E-state index contributed by atoms with van der Waals surface area (Å²) < 4.78 is 54.0. The molecule has 2 aromatic heterocycles. The normalized spacial score (nSPS) is 21.8. The third-order valence-corrected chi connectivity index (χ3v) is 8.46. The highest BCUT2D eigenvalue weighted by molar-refractivity contribution is 7.89. The first-order chi connectivity index (χ1) is 16.5. The first-order valence-electron chi connectivity index (χ1n) is 10.7. The van der Waals surface area contributed by atoms with E-state index in [4.69, 9.17) is 20.0 Å². The summed E-state index contributed by atoms with van der Waals surface area (Å²) in [5.74, 6) is 0.914. The quantitative estimate of drug-likeness (QED) is 0.531. The number of hydrogen-bond acceptors (Lipinski definition) is 8. The Morgan fingerprint density at radius 3 is 2.60 bits per heavy atom. The van der Waals surface area contributed by atoms with Crippen molar-refractivity contribution in [3.8, 4) is 28.6 Å². The first-order valence-corrected chi connectivity index (χ1v) is 12.1. The fourth-order valence-corrected chi connectivity index (χ4v) is 5.71. The van der Waals surface area contributed by atoms with E-state index < -0.39 is 39.8 Å². The number of halogens is 3. The van der Waals surface area contributed by atoms with Crippen molar-refractivity contribution in [2.45, 2.75) is 37.5 Å². The zero-order chi connectivity index (χ0) is 25.4. The topological polar surface area (TPSA) is 112 Å². The van der Waals surface area contributed by atoms with Gasteiger partial charge in [0.1, 0.15) is 23.0 Å². The van der Waals surface area contributed by atoms with Crippen LogP contribution >= 0.6 is 0 Å².